The molecule has 0 aliphatic carbocycles. The van der Waals surface area contributed by atoms with Crippen LogP contribution >= 0.6 is 10.3 Å². The number of carbonyl (C=O) groups excluding carboxylic acids is 1. The highest BCUT2D eigenvalue weighted by Crippen LogP contribution is 2.60. The number of alkyl carbamates (subject to hydrolysis) is 1. The van der Waals surface area contributed by atoms with Crippen LogP contribution in [-0.2, 0) is 10.3 Å². The highest BCUT2D eigenvalue weighted by Gasteiger charge is 2.51. The van der Waals surface area contributed by atoms with Gasteiger partial charge in [0.25, 0.3) is 5.69 Å². The molecule has 1 aromatic carbocycles. The Morgan fingerprint density at radius 3 is 2.48 bits per heavy atom. The van der Waals surface area contributed by atoms with Gasteiger partial charge in [-0.3, -0.25) is 20.4 Å². The number of hydrogen-bond donors (Lipinski definition) is 2. The Balaban J connectivity index is 2.59. The van der Waals surface area contributed by atoms with Crippen molar-refractivity contribution in [1.29, 1.82) is 0 Å². The number of amidine groups is 1. The molecule has 8 nitrogen and oxygen atoms in total. The summed E-state index contributed by atoms with van der Waals surface area (Å²) >= 11 is 0. The van der Waals surface area contributed by atoms with Crippen molar-refractivity contribution in [3.63, 3.8) is 0 Å². The van der Waals surface area contributed by atoms with E-state index in [0.29, 0.717) is 0 Å². The normalized spacial score (nSPS) is 28.7. The van der Waals surface area contributed by atoms with E-state index in [4.69, 9.17) is 4.74 Å². The van der Waals surface area contributed by atoms with Gasteiger partial charge < -0.3 is 9.29 Å². The zero-order chi connectivity index (χ0) is 22.4. The molecule has 1 unspecified atom stereocenters. The lowest BCUT2D eigenvalue weighted by Gasteiger charge is -2.52. The molecule has 2 rings (SSSR count). The SMILES string of the molecule is CC(C)(C)OC(=O)NC1=N[C@](C)(c2cc([N+](=O)[O-])ccc2F)CS(C)(O)C1(C)C. The number of aliphatic imine (C=N–C) groups is 1. The monoisotopic (exact) mass is 429 g/mol. The number of hydrogen-bond acceptors (Lipinski definition) is 6. The van der Waals surface area contributed by atoms with Gasteiger partial charge in [0.15, 0.2) is 0 Å². The van der Waals surface area contributed by atoms with Crippen molar-refractivity contribution in [1.82, 2.24) is 5.32 Å². The molecule has 0 saturated heterocycles. The fourth-order valence-electron chi connectivity index (χ4n) is 3.11. The maximum absolute atomic E-state index is 14.6. The molecule has 0 saturated carbocycles. The first-order chi connectivity index (χ1) is 13.0. The lowest BCUT2D eigenvalue weighted by Crippen LogP contribution is -2.55. The molecule has 0 bridgehead atoms. The van der Waals surface area contributed by atoms with E-state index in [0.717, 1.165) is 18.2 Å². The van der Waals surface area contributed by atoms with Crippen LogP contribution in [-0.4, -0.2) is 43.8 Å². The zero-order valence-corrected chi connectivity index (χ0v) is 18.5. The van der Waals surface area contributed by atoms with Gasteiger partial charge >= 0.3 is 6.09 Å². The number of nitrogens with zero attached hydrogens (tertiary/aromatic N) is 2. The number of benzene rings is 1. The molecule has 1 aromatic rings. The summed E-state index contributed by atoms with van der Waals surface area (Å²) < 4.78 is 30.2. The van der Waals surface area contributed by atoms with Gasteiger partial charge in [-0.2, -0.15) is 0 Å². The molecule has 0 spiro atoms. The molecule has 0 fully saturated rings. The Morgan fingerprint density at radius 1 is 1.38 bits per heavy atom. The van der Waals surface area contributed by atoms with E-state index in [-0.39, 0.29) is 22.8 Å². The van der Waals surface area contributed by atoms with Crippen molar-refractivity contribution in [3.05, 3.63) is 39.7 Å². The second kappa shape index (κ2) is 7.24. The topological polar surface area (TPSA) is 114 Å². The molecule has 0 radical (unpaired) electrons. The highest BCUT2D eigenvalue weighted by molar-refractivity contribution is 8.30. The summed E-state index contributed by atoms with van der Waals surface area (Å²) in [5.74, 6) is -0.454. The molecular weight excluding hydrogens is 401 g/mol. The van der Waals surface area contributed by atoms with Crippen LogP contribution in [0.1, 0.15) is 47.1 Å². The molecule has 1 heterocycles. The van der Waals surface area contributed by atoms with Crippen molar-refractivity contribution in [3.8, 4) is 0 Å². The first-order valence-corrected chi connectivity index (χ1v) is 11.2. The third kappa shape index (κ3) is 4.69. The van der Waals surface area contributed by atoms with Crippen LogP contribution in [0.5, 0.6) is 0 Å². The van der Waals surface area contributed by atoms with E-state index in [1.807, 2.05) is 0 Å². The second-order valence-corrected chi connectivity index (χ2v) is 12.4. The lowest BCUT2D eigenvalue weighted by atomic mass is 9.92. The highest BCUT2D eigenvalue weighted by atomic mass is 32.3. The number of non-ortho nitro benzene ring substituents is 1. The summed E-state index contributed by atoms with van der Waals surface area (Å²) in [5, 5.41) is 13.8. The van der Waals surface area contributed by atoms with Gasteiger partial charge in [-0.15, -0.1) is 10.3 Å². The minimum absolute atomic E-state index is 0.0153. The summed E-state index contributed by atoms with van der Waals surface area (Å²) in [5.41, 5.74) is -2.35. The van der Waals surface area contributed by atoms with Crippen LogP contribution in [0.15, 0.2) is 23.2 Å². The van der Waals surface area contributed by atoms with Crippen molar-refractivity contribution in [2.24, 2.45) is 4.99 Å². The van der Waals surface area contributed by atoms with E-state index in [2.05, 4.69) is 10.3 Å². The number of nitrogens with one attached hydrogen (secondary N) is 1. The average molecular weight is 430 g/mol. The minimum atomic E-state index is -2.44. The van der Waals surface area contributed by atoms with E-state index in [1.165, 1.54) is 0 Å². The standard InChI is InChI=1S/C19H28FN3O5S/c1-17(2,3)28-16(24)21-15-18(4,5)29(7,27)11-19(6,22-15)13-10-12(23(25)26)8-9-14(13)20/h8-10,27H,11H2,1-7H3,(H,21,22,24)/t19-/m0/s1. The fourth-order valence-corrected chi connectivity index (χ4v) is 5.29. The maximum atomic E-state index is 14.6. The van der Waals surface area contributed by atoms with Gasteiger partial charge in [0, 0.05) is 23.4 Å². The van der Waals surface area contributed by atoms with Crippen LogP contribution in [0.4, 0.5) is 14.9 Å². The maximum Gasteiger partial charge on any atom is 0.413 e. The average Bonchev–Trinajstić information content (AvgIpc) is 2.50. The van der Waals surface area contributed by atoms with E-state index >= 15 is 0 Å². The Bertz CT molecular complexity index is 879. The van der Waals surface area contributed by atoms with Crippen molar-refractivity contribution in [2.75, 3.05) is 12.0 Å². The number of rotatable bonds is 2. The summed E-state index contributed by atoms with van der Waals surface area (Å²) in [4.78, 5) is 27.4. The van der Waals surface area contributed by atoms with Crippen molar-refractivity contribution in [2.45, 2.75) is 57.4 Å². The van der Waals surface area contributed by atoms with E-state index < -0.39 is 43.0 Å². The Labute approximate surface area is 171 Å². The van der Waals surface area contributed by atoms with E-state index in [1.54, 1.807) is 47.8 Å². The van der Waals surface area contributed by atoms with Gasteiger partial charge in [-0.05, 0) is 53.9 Å². The van der Waals surface area contributed by atoms with Gasteiger partial charge in [-0.25, -0.2) is 9.18 Å². The number of ether oxygens (including phenoxy) is 1. The summed E-state index contributed by atoms with van der Waals surface area (Å²) in [6.07, 6.45) is 0.898. The molecule has 2 atom stereocenters. The number of nitro benzene ring substituents is 1. The molecule has 2 N–H and O–H groups in total. The summed E-state index contributed by atoms with van der Waals surface area (Å²) in [7, 11) is -2.44. The van der Waals surface area contributed by atoms with Crippen LogP contribution < -0.4 is 5.32 Å². The zero-order valence-electron chi connectivity index (χ0n) is 17.7. The predicted octanol–water partition coefficient (Wildman–Crippen LogP) is 4.57. The number of nitro groups is 1. The predicted molar refractivity (Wildman–Crippen MR) is 112 cm³/mol. The second-order valence-electron chi connectivity index (χ2n) is 8.98. The number of carbonyl (C=O) groups is 1. The Morgan fingerprint density at radius 2 is 1.97 bits per heavy atom. The molecular formula is C19H28FN3O5S. The quantitative estimate of drug-likeness (QED) is 0.528. The van der Waals surface area contributed by atoms with Gasteiger partial charge in [0.2, 0.25) is 0 Å². The van der Waals surface area contributed by atoms with E-state index in [9.17, 15) is 23.9 Å². The fraction of sp³-hybridized carbons (Fsp3) is 0.579. The smallest absolute Gasteiger partial charge is 0.413 e. The van der Waals surface area contributed by atoms with Crippen LogP contribution in [0.25, 0.3) is 0 Å². The first-order valence-electron chi connectivity index (χ1n) is 9.01. The minimum Gasteiger partial charge on any atom is -0.444 e. The summed E-state index contributed by atoms with van der Waals surface area (Å²) in [6, 6.07) is 3.21. The third-order valence-corrected chi connectivity index (χ3v) is 8.47. The number of halogens is 1. The van der Waals surface area contributed by atoms with Crippen LogP contribution in [0.2, 0.25) is 0 Å². The largest absolute Gasteiger partial charge is 0.444 e. The van der Waals surface area contributed by atoms with Crippen LogP contribution in [0.3, 0.4) is 0 Å². The molecule has 1 aliphatic rings. The van der Waals surface area contributed by atoms with Crippen molar-refractivity contribution < 1.29 is 23.4 Å². The molecule has 1 aliphatic heterocycles. The Hall–Kier alpha value is -2.20. The van der Waals surface area contributed by atoms with Crippen LogP contribution in [0, 0.1) is 15.9 Å². The first kappa shape index (κ1) is 23.1. The molecule has 0 aromatic heterocycles. The molecule has 1 amide bonds. The number of amides is 1. The summed E-state index contributed by atoms with van der Waals surface area (Å²) in [6.45, 7) is 10.2. The lowest BCUT2D eigenvalue weighted by molar-refractivity contribution is -0.385. The third-order valence-electron chi connectivity index (χ3n) is 4.95. The van der Waals surface area contributed by atoms with Crippen molar-refractivity contribution >= 4 is 27.9 Å². The van der Waals surface area contributed by atoms with Gasteiger partial charge in [0.1, 0.15) is 17.3 Å². The molecule has 162 valence electrons. The van der Waals surface area contributed by atoms with Gasteiger partial charge in [0.05, 0.1) is 15.2 Å². The molecule has 10 heteroatoms. The van der Waals surface area contributed by atoms with Gasteiger partial charge in [-0.1, -0.05) is 0 Å². The Kier molecular flexibility index (Phi) is 5.77. The molecule has 29 heavy (non-hydrogen) atoms.